The summed E-state index contributed by atoms with van der Waals surface area (Å²) in [5, 5.41) is 0. The first-order valence-corrected chi connectivity index (χ1v) is 6.03. The molecule has 5 heteroatoms. The first-order chi connectivity index (χ1) is 8.79. The van der Waals surface area contributed by atoms with Crippen molar-refractivity contribution in [2.24, 2.45) is 0 Å². The molecule has 1 aromatic carbocycles. The molecule has 2 aromatic heterocycles. The molecule has 0 saturated heterocycles. The summed E-state index contributed by atoms with van der Waals surface area (Å²) in [4.78, 5) is 4.24. The Balaban J connectivity index is 2.17. The van der Waals surface area contributed by atoms with Crippen LogP contribution in [0.4, 0.5) is 4.39 Å². The zero-order valence-electron chi connectivity index (χ0n) is 9.44. The molecule has 18 heavy (non-hydrogen) atoms. The van der Waals surface area contributed by atoms with Crippen LogP contribution in [0.3, 0.4) is 0 Å². The van der Waals surface area contributed by atoms with Crippen molar-refractivity contribution in [3.8, 4) is 0 Å². The second-order valence-electron chi connectivity index (χ2n) is 3.99. The van der Waals surface area contributed by atoms with Crippen molar-refractivity contribution in [1.29, 1.82) is 0 Å². The van der Waals surface area contributed by atoms with Crippen molar-refractivity contribution in [2.45, 2.75) is 12.4 Å². The Morgan fingerprint density at radius 3 is 2.94 bits per heavy atom. The van der Waals surface area contributed by atoms with Crippen LogP contribution in [-0.2, 0) is 12.4 Å². The molecule has 0 saturated carbocycles. The third kappa shape index (κ3) is 1.78. The van der Waals surface area contributed by atoms with Crippen LogP contribution < -0.4 is 0 Å². The highest BCUT2D eigenvalue weighted by Crippen LogP contribution is 2.21. The average molecular weight is 265 g/mol. The summed E-state index contributed by atoms with van der Waals surface area (Å²) in [6.45, 7) is 0.568. The number of furan rings is 1. The molecule has 3 rings (SSSR count). The highest BCUT2D eigenvalue weighted by molar-refractivity contribution is 6.16. The zero-order chi connectivity index (χ0) is 12.5. The van der Waals surface area contributed by atoms with E-state index in [1.165, 1.54) is 6.07 Å². The van der Waals surface area contributed by atoms with E-state index in [-0.39, 0.29) is 11.7 Å². The normalized spacial score (nSPS) is 11.2. The maximum atomic E-state index is 13.7. The first kappa shape index (κ1) is 11.3. The number of hydrogen-bond donors (Lipinski definition) is 0. The van der Waals surface area contributed by atoms with Crippen LogP contribution in [-0.4, -0.2) is 9.55 Å². The molecule has 0 bridgehead atoms. The fourth-order valence-corrected chi connectivity index (χ4v) is 2.21. The van der Waals surface area contributed by atoms with Crippen LogP contribution in [0.25, 0.3) is 11.0 Å². The smallest absolute Gasteiger partial charge is 0.151 e. The molecule has 0 radical (unpaired) electrons. The number of alkyl halides is 1. The Kier molecular flexibility index (Phi) is 2.80. The Labute approximate surface area is 108 Å². The van der Waals surface area contributed by atoms with Gasteiger partial charge in [0, 0.05) is 5.56 Å². The summed E-state index contributed by atoms with van der Waals surface area (Å²) in [5.74, 6) is 0.564. The van der Waals surface area contributed by atoms with Gasteiger partial charge >= 0.3 is 0 Å². The van der Waals surface area contributed by atoms with E-state index >= 15 is 0 Å². The van der Waals surface area contributed by atoms with E-state index in [4.69, 9.17) is 16.0 Å². The van der Waals surface area contributed by atoms with Gasteiger partial charge in [-0.15, -0.1) is 11.6 Å². The van der Waals surface area contributed by atoms with Crippen molar-refractivity contribution < 1.29 is 8.81 Å². The minimum atomic E-state index is -0.329. The lowest BCUT2D eigenvalue weighted by Gasteiger charge is -2.05. The molecule has 0 N–H and O–H groups in total. The number of benzene rings is 1. The van der Waals surface area contributed by atoms with Crippen LogP contribution in [0.2, 0.25) is 0 Å². The molecule has 0 spiro atoms. The number of para-hydroxylation sites is 1. The summed E-state index contributed by atoms with van der Waals surface area (Å²) >= 11 is 5.87. The monoisotopic (exact) mass is 264 g/mol. The van der Waals surface area contributed by atoms with Gasteiger partial charge in [-0.25, -0.2) is 9.37 Å². The van der Waals surface area contributed by atoms with Gasteiger partial charge in [-0.05, 0) is 18.2 Å². The van der Waals surface area contributed by atoms with E-state index in [1.54, 1.807) is 18.6 Å². The van der Waals surface area contributed by atoms with E-state index in [1.807, 2.05) is 16.7 Å². The van der Waals surface area contributed by atoms with Crippen LogP contribution in [0.5, 0.6) is 0 Å². The fraction of sp³-hybridized carbons (Fsp3) is 0.154. The van der Waals surface area contributed by atoms with Crippen molar-refractivity contribution in [1.82, 2.24) is 9.55 Å². The quantitative estimate of drug-likeness (QED) is 0.677. The number of halogens is 2. The van der Waals surface area contributed by atoms with E-state index in [9.17, 15) is 4.39 Å². The summed E-state index contributed by atoms with van der Waals surface area (Å²) < 4.78 is 20.6. The van der Waals surface area contributed by atoms with E-state index in [2.05, 4.69) is 4.98 Å². The van der Waals surface area contributed by atoms with Gasteiger partial charge < -0.3 is 8.98 Å². The van der Waals surface area contributed by atoms with E-state index in [0.717, 1.165) is 11.1 Å². The number of nitrogens with zero attached hydrogens (tertiary/aromatic N) is 2. The topological polar surface area (TPSA) is 31.0 Å². The van der Waals surface area contributed by atoms with Gasteiger partial charge in [-0.3, -0.25) is 0 Å². The van der Waals surface area contributed by atoms with Gasteiger partial charge in [0.05, 0.1) is 30.5 Å². The predicted molar refractivity (Wildman–Crippen MR) is 67.1 cm³/mol. The van der Waals surface area contributed by atoms with Crippen LogP contribution >= 0.6 is 11.6 Å². The molecule has 0 aliphatic carbocycles. The molecule has 0 unspecified atom stereocenters. The predicted octanol–water partition coefficient (Wildman–Crippen LogP) is 3.56. The minimum absolute atomic E-state index is 0.242. The summed E-state index contributed by atoms with van der Waals surface area (Å²) in [6.07, 6.45) is 3.26. The second-order valence-corrected chi connectivity index (χ2v) is 4.25. The maximum absolute atomic E-state index is 13.7. The molecular formula is C13H10ClFN2O. The van der Waals surface area contributed by atoms with Gasteiger partial charge in [0.1, 0.15) is 11.3 Å². The molecule has 92 valence electrons. The fourth-order valence-electron chi connectivity index (χ4n) is 2.00. The molecule has 0 amide bonds. The van der Waals surface area contributed by atoms with Gasteiger partial charge in [0.2, 0.25) is 0 Å². The number of fused-ring (bicyclic) bond motifs is 1. The number of aromatic nitrogens is 2. The molecule has 0 aliphatic rings. The third-order valence-corrected chi connectivity index (χ3v) is 3.09. The zero-order valence-corrected chi connectivity index (χ0v) is 10.2. The van der Waals surface area contributed by atoms with Gasteiger partial charge in [0.25, 0.3) is 0 Å². The Bertz CT molecular complexity index is 676. The number of imidazole rings is 1. The molecule has 3 aromatic rings. The first-order valence-electron chi connectivity index (χ1n) is 5.50. The Morgan fingerprint density at radius 1 is 1.33 bits per heavy atom. The standard InChI is InChI=1S/C13H10ClFN2O/c14-6-12-16-13-10(15)2-1-3-11(13)17(12)7-9-4-5-18-8-9/h1-5,8H,6-7H2. The number of hydrogen-bond acceptors (Lipinski definition) is 2. The third-order valence-electron chi connectivity index (χ3n) is 2.85. The van der Waals surface area contributed by atoms with Crippen LogP contribution in [0.15, 0.2) is 41.2 Å². The Hall–Kier alpha value is -1.81. The number of rotatable bonds is 3. The average Bonchev–Trinajstić information content (AvgIpc) is 2.99. The van der Waals surface area contributed by atoms with Gasteiger partial charge in [0.15, 0.2) is 5.82 Å². The lowest BCUT2D eigenvalue weighted by molar-refractivity contribution is 0.562. The van der Waals surface area contributed by atoms with E-state index < -0.39 is 0 Å². The van der Waals surface area contributed by atoms with Crippen LogP contribution in [0, 0.1) is 5.82 Å². The van der Waals surface area contributed by atoms with Crippen molar-refractivity contribution in [2.75, 3.05) is 0 Å². The van der Waals surface area contributed by atoms with Crippen LogP contribution in [0.1, 0.15) is 11.4 Å². The van der Waals surface area contributed by atoms with Gasteiger partial charge in [-0.2, -0.15) is 0 Å². The summed E-state index contributed by atoms with van der Waals surface area (Å²) in [6, 6.07) is 6.77. The molecule has 0 atom stereocenters. The van der Waals surface area contributed by atoms with E-state index in [0.29, 0.717) is 17.9 Å². The molecule has 0 aliphatic heterocycles. The molecular weight excluding hydrogens is 255 g/mol. The Morgan fingerprint density at radius 2 is 2.22 bits per heavy atom. The maximum Gasteiger partial charge on any atom is 0.151 e. The minimum Gasteiger partial charge on any atom is -0.472 e. The SMILES string of the molecule is Fc1cccc2c1nc(CCl)n2Cc1ccoc1. The summed E-state index contributed by atoms with van der Waals surface area (Å²) in [7, 11) is 0. The molecule has 3 nitrogen and oxygen atoms in total. The van der Waals surface area contributed by atoms with Crippen molar-refractivity contribution in [3.63, 3.8) is 0 Å². The second kappa shape index (κ2) is 4.46. The highest BCUT2D eigenvalue weighted by Gasteiger charge is 2.13. The molecule has 0 fully saturated rings. The lowest BCUT2D eigenvalue weighted by atomic mass is 10.3. The molecule has 2 heterocycles. The van der Waals surface area contributed by atoms with Crippen molar-refractivity contribution in [3.05, 3.63) is 54.0 Å². The summed E-state index contributed by atoms with van der Waals surface area (Å²) in [5.41, 5.74) is 2.09. The lowest BCUT2D eigenvalue weighted by Crippen LogP contribution is -2.02. The largest absolute Gasteiger partial charge is 0.472 e. The van der Waals surface area contributed by atoms with Crippen molar-refractivity contribution >= 4 is 22.6 Å². The highest BCUT2D eigenvalue weighted by atomic mass is 35.5. The van der Waals surface area contributed by atoms with Gasteiger partial charge in [-0.1, -0.05) is 6.07 Å².